The zero-order valence-electron chi connectivity index (χ0n) is 16.0. The predicted octanol–water partition coefficient (Wildman–Crippen LogP) is 5.55. The molecule has 4 rings (SSSR count). The second-order valence-corrected chi connectivity index (χ2v) is 7.91. The number of benzene rings is 3. The molecule has 1 saturated heterocycles. The highest BCUT2D eigenvalue weighted by molar-refractivity contribution is 6.31. The number of amides is 2. The van der Waals surface area contributed by atoms with Gasteiger partial charge in [0.2, 0.25) is 0 Å². The summed E-state index contributed by atoms with van der Waals surface area (Å²) in [6.07, 6.45) is 0. The number of carbonyl (C=O) groups excluding carboxylic acids is 1. The quantitative estimate of drug-likeness (QED) is 0.584. The molecular weight excluding hydrogens is 421 g/mol. The van der Waals surface area contributed by atoms with Crippen molar-refractivity contribution in [3.8, 4) is 6.07 Å². The van der Waals surface area contributed by atoms with Gasteiger partial charge in [-0.05, 0) is 67.6 Å². The van der Waals surface area contributed by atoms with E-state index in [0.29, 0.717) is 32.5 Å². The largest absolute Gasteiger partial charge is 0.365 e. The number of nitriles is 1. The van der Waals surface area contributed by atoms with Crippen molar-refractivity contribution in [2.75, 3.05) is 9.80 Å². The molecule has 0 aliphatic carbocycles. The second-order valence-electron chi connectivity index (χ2n) is 7.04. The fourth-order valence-electron chi connectivity index (χ4n) is 3.81. The maximum absolute atomic E-state index is 13.6. The zero-order valence-corrected chi connectivity index (χ0v) is 17.5. The lowest BCUT2D eigenvalue weighted by Gasteiger charge is -2.35. The van der Waals surface area contributed by atoms with Gasteiger partial charge in [-0.15, -0.1) is 0 Å². The van der Waals surface area contributed by atoms with Crippen molar-refractivity contribution >= 4 is 40.6 Å². The normalized spacial score (nSPS) is 21.0. The number of hydrogen-bond acceptors (Lipinski definition) is 3. The van der Waals surface area contributed by atoms with Gasteiger partial charge in [-0.1, -0.05) is 35.3 Å². The van der Waals surface area contributed by atoms with Gasteiger partial charge in [-0.2, -0.15) is 5.26 Å². The maximum atomic E-state index is 13.6. The number of aliphatic hydroxyl groups is 1. The maximum Gasteiger partial charge on any atom is 0.332 e. The molecule has 2 atom stereocenters. The average molecular weight is 438 g/mol. The monoisotopic (exact) mass is 437 g/mol. The third-order valence-corrected chi connectivity index (χ3v) is 5.82. The van der Waals surface area contributed by atoms with Gasteiger partial charge >= 0.3 is 6.03 Å². The lowest BCUT2D eigenvalue weighted by atomic mass is 9.93. The Morgan fingerprint density at radius 3 is 2.10 bits per heavy atom. The molecule has 1 N–H and O–H groups in total. The molecule has 30 heavy (non-hydrogen) atoms. The Labute approximate surface area is 184 Å². The number of hydrogen-bond donors (Lipinski definition) is 1. The molecular formula is C23H17Cl2N3O2. The van der Waals surface area contributed by atoms with Gasteiger partial charge in [0.1, 0.15) is 0 Å². The van der Waals surface area contributed by atoms with Crippen LogP contribution in [0, 0.1) is 11.3 Å². The highest BCUT2D eigenvalue weighted by Crippen LogP contribution is 2.44. The standard InChI is InChI=1S/C23H17Cl2N3O2/c1-15-23(30,17-4-2-3-16(13-17)14-26)28(21-11-7-19(25)8-12-21)22(29)27(15)20-9-5-18(24)6-10-20/h2-13,15,30H,1H3/t15-,23?/m0/s1. The molecule has 0 aromatic heterocycles. The van der Waals surface area contributed by atoms with Crippen molar-refractivity contribution in [2.24, 2.45) is 0 Å². The average Bonchev–Trinajstić information content (AvgIpc) is 2.96. The molecule has 3 aromatic carbocycles. The first-order valence-electron chi connectivity index (χ1n) is 9.24. The van der Waals surface area contributed by atoms with Crippen LogP contribution in [0.1, 0.15) is 18.1 Å². The van der Waals surface area contributed by atoms with Crippen molar-refractivity contribution in [1.82, 2.24) is 0 Å². The van der Waals surface area contributed by atoms with E-state index >= 15 is 0 Å². The number of urea groups is 1. The molecule has 1 fully saturated rings. The summed E-state index contributed by atoms with van der Waals surface area (Å²) in [7, 11) is 0. The lowest BCUT2D eigenvalue weighted by molar-refractivity contribution is 0.0372. The molecule has 7 heteroatoms. The highest BCUT2D eigenvalue weighted by Gasteiger charge is 2.56. The molecule has 1 aliphatic heterocycles. The van der Waals surface area contributed by atoms with Crippen LogP contribution in [-0.4, -0.2) is 17.2 Å². The zero-order chi connectivity index (χ0) is 21.5. The van der Waals surface area contributed by atoms with Crippen molar-refractivity contribution in [3.05, 3.63) is 94.0 Å². The molecule has 2 amide bonds. The van der Waals surface area contributed by atoms with Crippen molar-refractivity contribution < 1.29 is 9.90 Å². The smallest absolute Gasteiger partial charge is 0.332 e. The number of anilines is 2. The minimum Gasteiger partial charge on any atom is -0.365 e. The fraction of sp³-hybridized carbons (Fsp3) is 0.130. The Balaban J connectivity index is 1.91. The molecule has 0 radical (unpaired) electrons. The molecule has 1 heterocycles. The summed E-state index contributed by atoms with van der Waals surface area (Å²) in [6, 6.07) is 21.2. The molecule has 0 spiro atoms. The first kappa shape index (κ1) is 20.2. The van der Waals surface area contributed by atoms with E-state index in [0.717, 1.165) is 0 Å². The number of nitrogens with zero attached hydrogens (tertiary/aromatic N) is 3. The van der Waals surface area contributed by atoms with Crippen LogP contribution in [0.4, 0.5) is 16.2 Å². The second kappa shape index (κ2) is 7.66. The number of rotatable bonds is 3. The highest BCUT2D eigenvalue weighted by atomic mass is 35.5. The van der Waals surface area contributed by atoms with E-state index < -0.39 is 17.8 Å². The topological polar surface area (TPSA) is 67.6 Å². The van der Waals surface area contributed by atoms with Crippen molar-refractivity contribution in [2.45, 2.75) is 18.7 Å². The van der Waals surface area contributed by atoms with Gasteiger partial charge in [-0.3, -0.25) is 9.80 Å². The minimum absolute atomic E-state index is 0.390. The van der Waals surface area contributed by atoms with Gasteiger partial charge in [0.05, 0.1) is 17.7 Å². The summed E-state index contributed by atoms with van der Waals surface area (Å²) in [4.78, 5) is 16.4. The first-order chi connectivity index (χ1) is 14.4. The van der Waals surface area contributed by atoms with E-state index in [-0.39, 0.29) is 0 Å². The van der Waals surface area contributed by atoms with Crippen LogP contribution in [0.15, 0.2) is 72.8 Å². The molecule has 1 unspecified atom stereocenters. The third-order valence-electron chi connectivity index (χ3n) is 5.31. The summed E-state index contributed by atoms with van der Waals surface area (Å²) in [5.41, 5.74) is 0.188. The predicted molar refractivity (Wildman–Crippen MR) is 118 cm³/mol. The minimum atomic E-state index is -1.72. The van der Waals surface area contributed by atoms with Gasteiger partial charge in [0, 0.05) is 27.0 Å². The lowest BCUT2D eigenvalue weighted by Crippen LogP contribution is -2.48. The number of halogens is 2. The van der Waals surface area contributed by atoms with Gasteiger partial charge in [0.25, 0.3) is 0 Å². The summed E-state index contributed by atoms with van der Waals surface area (Å²) in [5.74, 6) is 0. The molecule has 0 saturated carbocycles. The molecule has 150 valence electrons. The molecule has 5 nitrogen and oxygen atoms in total. The Hall–Kier alpha value is -3.04. The van der Waals surface area contributed by atoms with Crippen molar-refractivity contribution in [3.63, 3.8) is 0 Å². The first-order valence-corrected chi connectivity index (χ1v) is 9.99. The van der Waals surface area contributed by atoms with E-state index in [1.807, 2.05) is 0 Å². The number of carbonyl (C=O) groups is 1. The Morgan fingerprint density at radius 1 is 0.967 bits per heavy atom. The summed E-state index contributed by atoms with van der Waals surface area (Å²) in [6.45, 7) is 1.77. The van der Waals surface area contributed by atoms with Crippen LogP contribution in [-0.2, 0) is 5.72 Å². The van der Waals surface area contributed by atoms with Crippen LogP contribution >= 0.6 is 23.2 Å². The van der Waals surface area contributed by atoms with Gasteiger partial charge in [0.15, 0.2) is 5.72 Å². The van der Waals surface area contributed by atoms with Crippen LogP contribution in [0.5, 0.6) is 0 Å². The van der Waals surface area contributed by atoms with E-state index in [1.165, 1.54) is 9.80 Å². The van der Waals surface area contributed by atoms with Crippen LogP contribution in [0.25, 0.3) is 0 Å². The van der Waals surface area contributed by atoms with E-state index in [1.54, 1.807) is 79.7 Å². The van der Waals surface area contributed by atoms with Crippen molar-refractivity contribution in [1.29, 1.82) is 5.26 Å². The van der Waals surface area contributed by atoms with Gasteiger partial charge < -0.3 is 5.11 Å². The Bertz CT molecular complexity index is 1140. The molecule has 3 aromatic rings. The Kier molecular flexibility index (Phi) is 5.17. The van der Waals surface area contributed by atoms with E-state index in [2.05, 4.69) is 6.07 Å². The molecule has 1 aliphatic rings. The third kappa shape index (κ3) is 3.20. The summed E-state index contributed by atoms with van der Waals surface area (Å²) < 4.78 is 0. The van der Waals surface area contributed by atoms with Crippen LogP contribution in [0.2, 0.25) is 10.0 Å². The van der Waals surface area contributed by atoms with Crippen LogP contribution < -0.4 is 9.80 Å². The summed E-state index contributed by atoms with van der Waals surface area (Å²) >= 11 is 12.0. The van der Waals surface area contributed by atoms with E-state index in [9.17, 15) is 15.2 Å². The SMILES string of the molecule is C[C@@H]1N(c2ccc(Cl)cc2)C(=O)N(c2ccc(Cl)cc2)C1(O)c1cccc(C#N)c1. The Morgan fingerprint density at radius 2 is 1.53 bits per heavy atom. The van der Waals surface area contributed by atoms with E-state index in [4.69, 9.17) is 23.2 Å². The molecule has 0 bridgehead atoms. The van der Waals surface area contributed by atoms with Gasteiger partial charge in [-0.25, -0.2) is 4.79 Å². The summed E-state index contributed by atoms with van der Waals surface area (Å²) in [5, 5.41) is 22.4. The fourth-order valence-corrected chi connectivity index (χ4v) is 4.06. The van der Waals surface area contributed by atoms with Crippen LogP contribution in [0.3, 0.4) is 0 Å².